The Labute approximate surface area is 206 Å². The van der Waals surface area contributed by atoms with Gasteiger partial charge < -0.3 is 20.7 Å². The first-order chi connectivity index (χ1) is 17.0. The van der Waals surface area contributed by atoms with Crippen molar-refractivity contribution in [3.05, 3.63) is 83.1 Å². The van der Waals surface area contributed by atoms with Crippen molar-refractivity contribution in [2.45, 2.75) is 19.4 Å². The van der Waals surface area contributed by atoms with Crippen LogP contribution in [0.15, 0.2) is 67.0 Å². The highest BCUT2D eigenvalue weighted by Crippen LogP contribution is 2.29. The summed E-state index contributed by atoms with van der Waals surface area (Å²) in [6.45, 7) is 1.01. The number of hydrogen-bond donors (Lipinski definition) is 2. The predicted molar refractivity (Wildman–Crippen MR) is 135 cm³/mol. The minimum atomic E-state index is -0.372. The van der Waals surface area contributed by atoms with E-state index in [0.29, 0.717) is 36.1 Å². The molecular weight excluding hydrogens is 466 g/mol. The maximum atomic E-state index is 13.0. The van der Waals surface area contributed by atoms with Crippen molar-refractivity contribution in [3.63, 3.8) is 0 Å². The lowest BCUT2D eigenvalue weighted by atomic mass is 10.1. The molecule has 35 heavy (non-hydrogen) atoms. The fraction of sp³-hybridized carbons (Fsp3) is 0.154. The fourth-order valence-corrected chi connectivity index (χ4v) is 4.19. The first-order valence-corrected chi connectivity index (χ1v) is 11.5. The van der Waals surface area contributed by atoms with Crippen LogP contribution in [0.4, 0.5) is 11.5 Å². The lowest BCUT2D eigenvalue weighted by Crippen LogP contribution is -2.23. The smallest absolute Gasteiger partial charge is 0.257 e. The summed E-state index contributed by atoms with van der Waals surface area (Å²) >= 11 is 6.12. The number of hydrogen-bond acceptors (Lipinski definition) is 6. The van der Waals surface area contributed by atoms with Crippen LogP contribution in [0.1, 0.15) is 28.8 Å². The second-order valence-electron chi connectivity index (χ2n) is 8.19. The first kappa shape index (κ1) is 22.6. The van der Waals surface area contributed by atoms with Crippen LogP contribution in [-0.4, -0.2) is 28.3 Å². The summed E-state index contributed by atoms with van der Waals surface area (Å²) in [7, 11) is 0. The summed E-state index contributed by atoms with van der Waals surface area (Å²) in [5.74, 6) is 0.830. The van der Waals surface area contributed by atoms with Crippen molar-refractivity contribution in [2.75, 3.05) is 17.2 Å². The Balaban J connectivity index is 1.31. The van der Waals surface area contributed by atoms with Gasteiger partial charge in [-0.15, -0.1) is 0 Å². The van der Waals surface area contributed by atoms with Crippen LogP contribution in [0.2, 0.25) is 5.02 Å². The van der Waals surface area contributed by atoms with Gasteiger partial charge in [0.15, 0.2) is 0 Å². The summed E-state index contributed by atoms with van der Waals surface area (Å²) < 4.78 is 5.90. The normalized spacial score (nSPS) is 13.3. The number of nitrogens with zero attached hydrogens (tertiary/aromatic N) is 3. The summed E-state index contributed by atoms with van der Waals surface area (Å²) in [6.07, 6.45) is 4.49. The number of carbonyl (C=O) groups is 2. The van der Waals surface area contributed by atoms with Gasteiger partial charge in [0, 0.05) is 43.0 Å². The number of nitrogens with one attached hydrogen (secondary N) is 1. The zero-order valence-electron chi connectivity index (χ0n) is 18.7. The van der Waals surface area contributed by atoms with E-state index >= 15 is 0 Å². The van der Waals surface area contributed by atoms with Crippen LogP contribution < -0.4 is 20.7 Å². The molecule has 1 aliphatic rings. The van der Waals surface area contributed by atoms with E-state index in [4.69, 9.17) is 22.1 Å². The van der Waals surface area contributed by atoms with Gasteiger partial charge in [0.05, 0.1) is 5.02 Å². The molecule has 4 aromatic rings. The molecule has 2 aromatic heterocycles. The van der Waals surface area contributed by atoms with Crippen molar-refractivity contribution in [1.82, 2.24) is 15.3 Å². The molecule has 9 heteroatoms. The van der Waals surface area contributed by atoms with Gasteiger partial charge in [-0.2, -0.15) is 0 Å². The van der Waals surface area contributed by atoms with Crippen molar-refractivity contribution in [1.29, 1.82) is 0 Å². The number of amides is 2. The molecule has 0 spiro atoms. The van der Waals surface area contributed by atoms with Gasteiger partial charge in [0.25, 0.3) is 5.91 Å². The summed E-state index contributed by atoms with van der Waals surface area (Å²) in [5.41, 5.74) is 7.84. The Morgan fingerprint density at radius 2 is 1.94 bits per heavy atom. The third-order valence-corrected chi connectivity index (χ3v) is 6.02. The maximum absolute atomic E-state index is 13.0. The molecule has 176 valence electrons. The molecule has 0 bridgehead atoms. The second-order valence-corrected chi connectivity index (χ2v) is 8.62. The van der Waals surface area contributed by atoms with E-state index in [0.717, 1.165) is 28.4 Å². The van der Waals surface area contributed by atoms with Crippen molar-refractivity contribution in [2.24, 2.45) is 0 Å². The molecule has 5 rings (SSSR count). The Bertz CT molecular complexity index is 1420. The molecule has 2 amide bonds. The number of carbonyl (C=O) groups excluding carboxylic acids is 2. The van der Waals surface area contributed by atoms with Crippen LogP contribution in [0.5, 0.6) is 11.6 Å². The minimum Gasteiger partial charge on any atom is -0.438 e. The van der Waals surface area contributed by atoms with E-state index in [-0.39, 0.29) is 23.3 Å². The highest BCUT2D eigenvalue weighted by molar-refractivity contribution is 6.30. The molecule has 1 aliphatic heterocycles. The number of pyridine rings is 2. The monoisotopic (exact) mass is 487 g/mol. The van der Waals surface area contributed by atoms with Gasteiger partial charge in [0.2, 0.25) is 11.8 Å². The Kier molecular flexibility index (Phi) is 6.20. The molecule has 0 atom stereocenters. The van der Waals surface area contributed by atoms with E-state index < -0.39 is 0 Å². The van der Waals surface area contributed by atoms with Gasteiger partial charge in [-0.25, -0.2) is 9.97 Å². The Morgan fingerprint density at radius 1 is 1.11 bits per heavy atom. The lowest BCUT2D eigenvalue weighted by molar-refractivity contribution is -0.117. The molecule has 1 fully saturated rings. The first-order valence-electron chi connectivity index (χ1n) is 11.1. The molecular formula is C26H22ClN5O3. The van der Waals surface area contributed by atoms with Crippen LogP contribution in [-0.2, 0) is 11.3 Å². The third-order valence-electron chi connectivity index (χ3n) is 5.81. The molecule has 3 heterocycles. The van der Waals surface area contributed by atoms with E-state index in [1.165, 1.54) is 12.3 Å². The summed E-state index contributed by atoms with van der Waals surface area (Å²) in [6, 6.07) is 16.2. The third kappa shape index (κ3) is 4.88. The summed E-state index contributed by atoms with van der Waals surface area (Å²) in [4.78, 5) is 35.0. The Hall–Kier alpha value is -4.17. The van der Waals surface area contributed by atoms with Gasteiger partial charge >= 0.3 is 0 Å². The van der Waals surface area contributed by atoms with E-state index in [1.807, 2.05) is 36.4 Å². The van der Waals surface area contributed by atoms with Gasteiger partial charge in [-0.1, -0.05) is 23.7 Å². The molecule has 0 unspecified atom stereocenters. The topological polar surface area (TPSA) is 110 Å². The molecule has 0 radical (unpaired) electrons. The minimum absolute atomic E-state index is 0.114. The second kappa shape index (κ2) is 9.60. The highest BCUT2D eigenvalue weighted by atomic mass is 35.5. The van der Waals surface area contributed by atoms with Crippen molar-refractivity contribution >= 4 is 45.7 Å². The fourth-order valence-electron chi connectivity index (χ4n) is 4.04. The average molecular weight is 488 g/mol. The van der Waals surface area contributed by atoms with Crippen LogP contribution >= 0.6 is 11.6 Å². The quantitative estimate of drug-likeness (QED) is 0.407. The molecule has 0 aliphatic carbocycles. The Morgan fingerprint density at radius 3 is 2.71 bits per heavy atom. The number of fused-ring (bicyclic) bond motifs is 1. The number of halogens is 1. The number of nitrogen functional groups attached to an aromatic ring is 1. The summed E-state index contributed by atoms with van der Waals surface area (Å²) in [5, 5.41) is 5.01. The van der Waals surface area contributed by atoms with Crippen molar-refractivity contribution in [3.8, 4) is 11.6 Å². The zero-order chi connectivity index (χ0) is 24.4. The van der Waals surface area contributed by atoms with Gasteiger partial charge in [-0.05, 0) is 59.8 Å². The maximum Gasteiger partial charge on any atom is 0.257 e. The number of aromatic nitrogens is 2. The SMILES string of the molecule is Nc1nccc2cc(CNC(=O)c3cc(Cl)cnc3Oc3ccc(N4CCCC4=O)cc3)ccc12. The number of benzene rings is 2. The predicted octanol–water partition coefficient (Wildman–Crippen LogP) is 4.71. The average Bonchev–Trinajstić information content (AvgIpc) is 3.30. The number of anilines is 2. The largest absolute Gasteiger partial charge is 0.438 e. The lowest BCUT2D eigenvalue weighted by Gasteiger charge is -2.16. The number of ether oxygens (including phenoxy) is 1. The molecule has 1 saturated heterocycles. The van der Waals surface area contributed by atoms with Crippen LogP contribution in [0, 0.1) is 0 Å². The molecule has 2 aromatic carbocycles. The van der Waals surface area contributed by atoms with E-state index in [9.17, 15) is 9.59 Å². The number of rotatable bonds is 6. The standard InChI is InChI=1S/C26H22ClN5O3/c27-18-13-22(25(34)30-14-16-3-8-21-17(12-16)9-10-29-24(21)28)26(31-15-18)35-20-6-4-19(5-7-20)32-11-1-2-23(32)33/h3-10,12-13,15H,1-2,11,14H2,(H2,28,29)(H,30,34). The highest BCUT2D eigenvalue weighted by Gasteiger charge is 2.22. The van der Waals surface area contributed by atoms with Crippen molar-refractivity contribution < 1.29 is 14.3 Å². The molecule has 8 nitrogen and oxygen atoms in total. The molecule has 0 saturated carbocycles. The van der Waals surface area contributed by atoms with Gasteiger partial charge in [-0.3, -0.25) is 9.59 Å². The zero-order valence-corrected chi connectivity index (χ0v) is 19.5. The molecule has 3 N–H and O–H groups in total. The van der Waals surface area contributed by atoms with Crippen LogP contribution in [0.3, 0.4) is 0 Å². The van der Waals surface area contributed by atoms with E-state index in [1.54, 1.807) is 23.2 Å². The van der Waals surface area contributed by atoms with Crippen LogP contribution in [0.25, 0.3) is 10.8 Å². The van der Waals surface area contributed by atoms with Gasteiger partial charge in [0.1, 0.15) is 17.1 Å². The number of nitrogens with two attached hydrogens (primary N) is 1. The van der Waals surface area contributed by atoms with E-state index in [2.05, 4.69) is 15.3 Å².